The van der Waals surface area contributed by atoms with Gasteiger partial charge in [0.2, 0.25) is 0 Å². The SMILES string of the molecule is CNC(CC(=O)OC)c1ccc(F)c(C)c1. The number of rotatable bonds is 4. The number of carbonyl (C=O) groups excluding carboxylic acids is 1. The van der Waals surface area contributed by atoms with Crippen LogP contribution in [-0.2, 0) is 9.53 Å². The number of carbonyl (C=O) groups is 1. The Morgan fingerprint density at radius 2 is 2.25 bits per heavy atom. The maximum atomic E-state index is 13.1. The van der Waals surface area contributed by atoms with E-state index in [1.54, 1.807) is 26.1 Å². The molecule has 0 heterocycles. The molecular formula is C12H16FNO2. The van der Waals surface area contributed by atoms with Gasteiger partial charge < -0.3 is 10.1 Å². The number of benzene rings is 1. The average molecular weight is 225 g/mol. The molecule has 1 unspecified atom stereocenters. The van der Waals surface area contributed by atoms with Crippen molar-refractivity contribution < 1.29 is 13.9 Å². The van der Waals surface area contributed by atoms with Gasteiger partial charge in [-0.25, -0.2) is 4.39 Å². The van der Waals surface area contributed by atoms with Gasteiger partial charge >= 0.3 is 5.97 Å². The van der Waals surface area contributed by atoms with Crippen molar-refractivity contribution in [3.63, 3.8) is 0 Å². The van der Waals surface area contributed by atoms with Crippen molar-refractivity contribution in [2.75, 3.05) is 14.2 Å². The second-order valence-corrected chi connectivity index (χ2v) is 3.63. The first-order valence-corrected chi connectivity index (χ1v) is 5.08. The Hall–Kier alpha value is -1.42. The topological polar surface area (TPSA) is 38.3 Å². The van der Waals surface area contributed by atoms with Gasteiger partial charge in [-0.15, -0.1) is 0 Å². The van der Waals surface area contributed by atoms with Crippen molar-refractivity contribution in [1.29, 1.82) is 0 Å². The molecule has 0 aromatic heterocycles. The molecule has 88 valence electrons. The largest absolute Gasteiger partial charge is 0.469 e. The quantitative estimate of drug-likeness (QED) is 0.796. The van der Waals surface area contributed by atoms with Crippen LogP contribution in [0.15, 0.2) is 18.2 Å². The predicted molar refractivity (Wildman–Crippen MR) is 59.6 cm³/mol. The molecule has 16 heavy (non-hydrogen) atoms. The smallest absolute Gasteiger partial charge is 0.307 e. The van der Waals surface area contributed by atoms with Crippen molar-refractivity contribution in [1.82, 2.24) is 5.32 Å². The van der Waals surface area contributed by atoms with E-state index < -0.39 is 0 Å². The van der Waals surface area contributed by atoms with E-state index in [0.717, 1.165) is 5.56 Å². The van der Waals surface area contributed by atoms with Gasteiger partial charge in [0.05, 0.1) is 13.5 Å². The highest BCUT2D eigenvalue weighted by Gasteiger charge is 2.15. The lowest BCUT2D eigenvalue weighted by atomic mass is 10.0. The van der Waals surface area contributed by atoms with Crippen LogP contribution in [0.1, 0.15) is 23.6 Å². The van der Waals surface area contributed by atoms with E-state index in [1.807, 2.05) is 0 Å². The van der Waals surface area contributed by atoms with Gasteiger partial charge in [0.1, 0.15) is 5.82 Å². The van der Waals surface area contributed by atoms with Crippen molar-refractivity contribution in [2.24, 2.45) is 0 Å². The maximum absolute atomic E-state index is 13.1. The van der Waals surface area contributed by atoms with Crippen molar-refractivity contribution in [3.05, 3.63) is 35.1 Å². The maximum Gasteiger partial charge on any atom is 0.307 e. The predicted octanol–water partition coefficient (Wildman–Crippen LogP) is 1.96. The molecule has 0 bridgehead atoms. The second kappa shape index (κ2) is 5.61. The van der Waals surface area contributed by atoms with Gasteiger partial charge in [-0.2, -0.15) is 0 Å². The molecule has 0 aliphatic heterocycles. The molecule has 0 saturated carbocycles. The highest BCUT2D eigenvalue weighted by Crippen LogP contribution is 2.19. The standard InChI is InChI=1S/C12H16FNO2/c1-8-6-9(4-5-10(8)13)11(14-2)7-12(15)16-3/h4-6,11,14H,7H2,1-3H3. The summed E-state index contributed by atoms with van der Waals surface area (Å²) in [5, 5.41) is 3.01. The molecule has 4 heteroatoms. The number of halogens is 1. The van der Waals surface area contributed by atoms with Crippen molar-refractivity contribution in [2.45, 2.75) is 19.4 Å². The Labute approximate surface area is 94.6 Å². The Kier molecular flexibility index (Phi) is 4.43. The molecule has 3 nitrogen and oxygen atoms in total. The van der Waals surface area contributed by atoms with Crippen LogP contribution < -0.4 is 5.32 Å². The van der Waals surface area contributed by atoms with Crippen LogP contribution in [0.25, 0.3) is 0 Å². The highest BCUT2D eigenvalue weighted by molar-refractivity contribution is 5.70. The molecule has 1 aromatic carbocycles. The highest BCUT2D eigenvalue weighted by atomic mass is 19.1. The third-order valence-corrected chi connectivity index (χ3v) is 2.53. The lowest BCUT2D eigenvalue weighted by Gasteiger charge is -2.15. The van der Waals surface area contributed by atoms with E-state index in [2.05, 4.69) is 10.1 Å². The van der Waals surface area contributed by atoms with Crippen LogP contribution in [0, 0.1) is 12.7 Å². The lowest BCUT2D eigenvalue weighted by molar-refractivity contribution is -0.141. The van der Waals surface area contributed by atoms with Crippen LogP contribution in [0.3, 0.4) is 0 Å². The lowest BCUT2D eigenvalue weighted by Crippen LogP contribution is -2.20. The van der Waals surface area contributed by atoms with Crippen LogP contribution in [-0.4, -0.2) is 20.1 Å². The van der Waals surface area contributed by atoms with Gasteiger partial charge in [0, 0.05) is 6.04 Å². The molecule has 1 rings (SSSR count). The first kappa shape index (κ1) is 12.6. The summed E-state index contributed by atoms with van der Waals surface area (Å²) in [6.45, 7) is 1.70. The van der Waals surface area contributed by atoms with Crippen molar-refractivity contribution >= 4 is 5.97 Å². The zero-order chi connectivity index (χ0) is 12.1. The summed E-state index contributed by atoms with van der Waals surface area (Å²) < 4.78 is 17.7. The molecule has 1 atom stereocenters. The van der Waals surface area contributed by atoms with Gasteiger partial charge in [0.15, 0.2) is 0 Å². The molecule has 1 aromatic rings. The van der Waals surface area contributed by atoms with Crippen LogP contribution in [0.2, 0.25) is 0 Å². The first-order valence-electron chi connectivity index (χ1n) is 5.08. The molecule has 1 N–H and O–H groups in total. The summed E-state index contributed by atoms with van der Waals surface area (Å²) in [5.41, 5.74) is 1.45. The van der Waals surface area contributed by atoms with E-state index in [-0.39, 0.29) is 24.2 Å². The molecule has 0 spiro atoms. The van der Waals surface area contributed by atoms with Gasteiger partial charge in [-0.1, -0.05) is 12.1 Å². The molecule has 0 saturated heterocycles. The Morgan fingerprint density at radius 3 is 2.75 bits per heavy atom. The molecule has 0 amide bonds. The van der Waals surface area contributed by atoms with Crippen molar-refractivity contribution in [3.8, 4) is 0 Å². The fraction of sp³-hybridized carbons (Fsp3) is 0.417. The number of aryl methyl sites for hydroxylation is 1. The van der Waals surface area contributed by atoms with E-state index in [0.29, 0.717) is 5.56 Å². The summed E-state index contributed by atoms with van der Waals surface area (Å²) in [5.74, 6) is -0.530. The zero-order valence-electron chi connectivity index (χ0n) is 9.71. The van der Waals surface area contributed by atoms with E-state index in [9.17, 15) is 9.18 Å². The van der Waals surface area contributed by atoms with Crippen LogP contribution in [0.5, 0.6) is 0 Å². The minimum atomic E-state index is -0.290. The van der Waals surface area contributed by atoms with E-state index in [4.69, 9.17) is 0 Å². The minimum absolute atomic E-state index is 0.147. The number of hydrogen-bond donors (Lipinski definition) is 1. The Balaban J connectivity index is 2.86. The second-order valence-electron chi connectivity index (χ2n) is 3.63. The third kappa shape index (κ3) is 3.03. The number of ether oxygens (including phenoxy) is 1. The average Bonchev–Trinajstić information content (AvgIpc) is 2.29. The van der Waals surface area contributed by atoms with E-state index in [1.165, 1.54) is 13.2 Å². The fourth-order valence-electron chi connectivity index (χ4n) is 1.52. The molecular weight excluding hydrogens is 209 g/mol. The summed E-state index contributed by atoms with van der Waals surface area (Å²) >= 11 is 0. The fourth-order valence-corrected chi connectivity index (χ4v) is 1.52. The molecule has 0 aliphatic rings. The summed E-state index contributed by atoms with van der Waals surface area (Å²) in [6, 6.07) is 4.67. The van der Waals surface area contributed by atoms with Crippen LogP contribution >= 0.6 is 0 Å². The Bertz CT molecular complexity index is 379. The monoisotopic (exact) mass is 225 g/mol. The number of hydrogen-bond acceptors (Lipinski definition) is 3. The number of methoxy groups -OCH3 is 1. The van der Waals surface area contributed by atoms with Gasteiger partial charge in [-0.3, -0.25) is 4.79 Å². The summed E-state index contributed by atoms with van der Waals surface area (Å²) in [7, 11) is 3.11. The number of esters is 1. The Morgan fingerprint density at radius 1 is 1.56 bits per heavy atom. The van der Waals surface area contributed by atoms with Gasteiger partial charge in [0.25, 0.3) is 0 Å². The minimum Gasteiger partial charge on any atom is -0.469 e. The molecule has 0 aliphatic carbocycles. The van der Waals surface area contributed by atoms with E-state index >= 15 is 0 Å². The molecule has 0 fully saturated rings. The summed E-state index contributed by atoms with van der Waals surface area (Å²) in [6.07, 6.45) is 0.234. The molecule has 0 radical (unpaired) electrons. The number of nitrogens with one attached hydrogen (secondary N) is 1. The van der Waals surface area contributed by atoms with Gasteiger partial charge in [-0.05, 0) is 31.2 Å². The normalized spacial score (nSPS) is 12.2. The summed E-state index contributed by atoms with van der Waals surface area (Å²) in [4.78, 5) is 11.2. The first-order chi connectivity index (χ1) is 7.58. The third-order valence-electron chi connectivity index (χ3n) is 2.53. The zero-order valence-corrected chi connectivity index (χ0v) is 9.71. The van der Waals surface area contributed by atoms with Crippen LogP contribution in [0.4, 0.5) is 4.39 Å².